The number of nitro groups is 1. The minimum Gasteiger partial charge on any atom is -0.425 e. The van der Waals surface area contributed by atoms with E-state index in [0.29, 0.717) is 0 Å². The molecule has 0 unspecified atom stereocenters. The van der Waals surface area contributed by atoms with Crippen LogP contribution < -0.4 is 4.74 Å². The molecule has 0 aromatic heterocycles. The topological polar surface area (TPSA) is 105 Å². The Morgan fingerprint density at radius 1 is 1.14 bits per heavy atom. The molecule has 22 heavy (non-hydrogen) atoms. The van der Waals surface area contributed by atoms with Crippen LogP contribution in [-0.4, -0.2) is 23.3 Å². The lowest BCUT2D eigenvalue weighted by Crippen LogP contribution is -2.30. The zero-order valence-electron chi connectivity index (χ0n) is 12.7. The summed E-state index contributed by atoms with van der Waals surface area (Å²) in [6, 6.07) is 4.88. The molecule has 8 nitrogen and oxygen atoms in total. The fourth-order valence-corrected chi connectivity index (χ4v) is 1.24. The first-order valence-electron chi connectivity index (χ1n) is 6.43. The molecule has 0 fully saturated rings. The van der Waals surface area contributed by atoms with Crippen LogP contribution in [0.2, 0.25) is 0 Å². The SMILES string of the molecule is C[C@@H](OC(=O)Oc1ccc([N+](=O)[O-])cc1)OC(=O)C(C)(C)C. The van der Waals surface area contributed by atoms with Crippen molar-refractivity contribution in [1.29, 1.82) is 0 Å². The van der Waals surface area contributed by atoms with E-state index < -0.39 is 28.8 Å². The molecule has 0 spiro atoms. The highest BCUT2D eigenvalue weighted by Gasteiger charge is 2.26. The first-order chi connectivity index (χ1) is 10.1. The Kier molecular flexibility index (Phi) is 5.44. The molecule has 0 aliphatic carbocycles. The second-order valence-electron chi connectivity index (χ2n) is 5.44. The summed E-state index contributed by atoms with van der Waals surface area (Å²) < 4.78 is 14.5. The van der Waals surface area contributed by atoms with Crippen LogP contribution in [0.4, 0.5) is 10.5 Å². The first kappa shape index (κ1) is 17.4. The number of carbonyl (C=O) groups excluding carboxylic acids is 2. The van der Waals surface area contributed by atoms with E-state index in [0.717, 1.165) is 0 Å². The molecule has 0 amide bonds. The summed E-state index contributed by atoms with van der Waals surface area (Å²) in [6.45, 7) is 6.37. The summed E-state index contributed by atoms with van der Waals surface area (Å²) in [5.74, 6) is -0.451. The van der Waals surface area contributed by atoms with Crippen LogP contribution in [0, 0.1) is 15.5 Å². The van der Waals surface area contributed by atoms with E-state index in [9.17, 15) is 19.7 Å². The average Bonchev–Trinajstić information content (AvgIpc) is 2.37. The molecular weight excluding hydrogens is 294 g/mol. The van der Waals surface area contributed by atoms with Gasteiger partial charge in [0.05, 0.1) is 10.3 Å². The molecule has 1 aromatic rings. The predicted molar refractivity (Wildman–Crippen MR) is 75.2 cm³/mol. The van der Waals surface area contributed by atoms with Crippen molar-refractivity contribution in [1.82, 2.24) is 0 Å². The number of ether oxygens (including phenoxy) is 3. The predicted octanol–water partition coefficient (Wildman–Crippen LogP) is 3.05. The van der Waals surface area contributed by atoms with Crippen LogP contribution in [0.5, 0.6) is 5.75 Å². The normalized spacial score (nSPS) is 12.2. The monoisotopic (exact) mass is 311 g/mol. The molecule has 1 aromatic carbocycles. The molecule has 0 N–H and O–H groups in total. The van der Waals surface area contributed by atoms with Gasteiger partial charge in [-0.15, -0.1) is 0 Å². The van der Waals surface area contributed by atoms with Gasteiger partial charge in [-0.2, -0.15) is 0 Å². The number of carbonyl (C=O) groups is 2. The Labute approximate surface area is 127 Å². The fraction of sp³-hybridized carbons (Fsp3) is 0.429. The van der Waals surface area contributed by atoms with Crippen molar-refractivity contribution in [3.05, 3.63) is 34.4 Å². The standard InChI is InChI=1S/C14H17NO7/c1-9(20-12(16)14(2,3)4)21-13(17)22-11-7-5-10(6-8-11)15(18)19/h5-9H,1-4H3/t9-/m1/s1. The summed E-state index contributed by atoms with van der Waals surface area (Å²) in [5, 5.41) is 10.5. The number of hydrogen-bond donors (Lipinski definition) is 0. The van der Waals surface area contributed by atoms with Gasteiger partial charge in [0, 0.05) is 19.1 Å². The second-order valence-corrected chi connectivity index (χ2v) is 5.44. The van der Waals surface area contributed by atoms with E-state index in [1.165, 1.54) is 31.2 Å². The molecule has 0 heterocycles. The van der Waals surface area contributed by atoms with Gasteiger partial charge in [-0.1, -0.05) is 0 Å². The number of hydrogen-bond acceptors (Lipinski definition) is 7. The van der Waals surface area contributed by atoms with E-state index in [1.807, 2.05) is 0 Å². The fourth-order valence-electron chi connectivity index (χ4n) is 1.24. The number of nitro benzene ring substituents is 1. The van der Waals surface area contributed by atoms with E-state index in [1.54, 1.807) is 20.8 Å². The Bertz CT molecular complexity index is 560. The Morgan fingerprint density at radius 2 is 1.68 bits per heavy atom. The highest BCUT2D eigenvalue weighted by atomic mass is 16.8. The Morgan fingerprint density at radius 3 is 2.14 bits per heavy atom. The second kappa shape index (κ2) is 6.88. The highest BCUT2D eigenvalue weighted by Crippen LogP contribution is 2.19. The molecule has 1 atom stereocenters. The lowest BCUT2D eigenvalue weighted by Gasteiger charge is -2.20. The van der Waals surface area contributed by atoms with Gasteiger partial charge in [0.1, 0.15) is 5.75 Å². The largest absolute Gasteiger partial charge is 0.516 e. The minimum atomic E-state index is -1.11. The van der Waals surface area contributed by atoms with Gasteiger partial charge in [-0.05, 0) is 32.9 Å². The number of non-ortho nitro benzene ring substituents is 1. The Balaban J connectivity index is 2.52. The third kappa shape index (κ3) is 5.39. The van der Waals surface area contributed by atoms with Crippen molar-refractivity contribution in [3.8, 4) is 5.75 Å². The van der Waals surface area contributed by atoms with Crippen molar-refractivity contribution < 1.29 is 28.7 Å². The van der Waals surface area contributed by atoms with E-state index in [2.05, 4.69) is 0 Å². The summed E-state index contributed by atoms with van der Waals surface area (Å²) >= 11 is 0. The van der Waals surface area contributed by atoms with Gasteiger partial charge in [-0.25, -0.2) is 4.79 Å². The van der Waals surface area contributed by atoms with Crippen molar-refractivity contribution in [2.75, 3.05) is 0 Å². The van der Waals surface area contributed by atoms with E-state index >= 15 is 0 Å². The van der Waals surface area contributed by atoms with E-state index in [4.69, 9.17) is 14.2 Å². The van der Waals surface area contributed by atoms with Crippen molar-refractivity contribution in [2.24, 2.45) is 5.41 Å². The van der Waals surface area contributed by atoms with Crippen LogP contribution in [0.3, 0.4) is 0 Å². The smallest absolute Gasteiger partial charge is 0.425 e. The Hall–Kier alpha value is -2.64. The maximum absolute atomic E-state index is 11.6. The summed E-state index contributed by atoms with van der Waals surface area (Å²) in [4.78, 5) is 33.0. The van der Waals surface area contributed by atoms with Crippen LogP contribution >= 0.6 is 0 Å². The van der Waals surface area contributed by atoms with Crippen LogP contribution in [-0.2, 0) is 14.3 Å². The lowest BCUT2D eigenvalue weighted by molar-refractivity contribution is -0.384. The zero-order chi connectivity index (χ0) is 16.9. The molecule has 0 saturated carbocycles. The third-order valence-electron chi connectivity index (χ3n) is 2.40. The molecule has 0 saturated heterocycles. The summed E-state index contributed by atoms with van der Waals surface area (Å²) in [5.41, 5.74) is -0.854. The maximum atomic E-state index is 11.6. The molecule has 120 valence electrons. The molecular formula is C14H17NO7. The highest BCUT2D eigenvalue weighted by molar-refractivity contribution is 5.75. The first-order valence-corrected chi connectivity index (χ1v) is 6.43. The van der Waals surface area contributed by atoms with Crippen molar-refractivity contribution in [2.45, 2.75) is 34.0 Å². The average molecular weight is 311 g/mol. The molecule has 0 aliphatic rings. The molecule has 0 bridgehead atoms. The number of nitrogens with zero attached hydrogens (tertiary/aromatic N) is 1. The molecule has 0 radical (unpaired) electrons. The molecule has 1 rings (SSSR count). The number of benzene rings is 1. The zero-order valence-corrected chi connectivity index (χ0v) is 12.7. The minimum absolute atomic E-state index is 0.0740. The van der Waals surface area contributed by atoms with Gasteiger partial charge < -0.3 is 14.2 Å². The number of esters is 1. The van der Waals surface area contributed by atoms with Gasteiger partial charge in [-0.3, -0.25) is 14.9 Å². The summed E-state index contributed by atoms with van der Waals surface area (Å²) in [7, 11) is 0. The maximum Gasteiger partial charge on any atom is 0.516 e. The molecule has 8 heteroatoms. The third-order valence-corrected chi connectivity index (χ3v) is 2.40. The van der Waals surface area contributed by atoms with Gasteiger partial charge in [0.15, 0.2) is 0 Å². The van der Waals surface area contributed by atoms with Gasteiger partial charge in [0.25, 0.3) is 5.69 Å². The van der Waals surface area contributed by atoms with Gasteiger partial charge in [0.2, 0.25) is 6.29 Å². The quantitative estimate of drug-likeness (QED) is 0.276. The lowest BCUT2D eigenvalue weighted by atomic mass is 9.97. The number of rotatable bonds is 4. The van der Waals surface area contributed by atoms with Crippen LogP contribution in [0.15, 0.2) is 24.3 Å². The van der Waals surface area contributed by atoms with Crippen LogP contribution in [0.25, 0.3) is 0 Å². The van der Waals surface area contributed by atoms with Crippen molar-refractivity contribution in [3.63, 3.8) is 0 Å². The summed E-state index contributed by atoms with van der Waals surface area (Å²) in [6.07, 6.45) is -2.19. The van der Waals surface area contributed by atoms with Gasteiger partial charge >= 0.3 is 12.1 Å². The van der Waals surface area contributed by atoms with E-state index in [-0.39, 0.29) is 11.4 Å². The van der Waals surface area contributed by atoms with Crippen LogP contribution in [0.1, 0.15) is 27.7 Å². The molecule has 0 aliphatic heterocycles. The van der Waals surface area contributed by atoms with Crippen molar-refractivity contribution >= 4 is 17.8 Å².